The van der Waals surface area contributed by atoms with Crippen molar-refractivity contribution in [1.82, 2.24) is 4.90 Å². The molecule has 25 heavy (non-hydrogen) atoms. The van der Waals surface area contributed by atoms with Crippen molar-refractivity contribution in [1.29, 1.82) is 0 Å². The lowest BCUT2D eigenvalue weighted by molar-refractivity contribution is -0.123. The van der Waals surface area contributed by atoms with Gasteiger partial charge in [-0.05, 0) is 51.0 Å². The van der Waals surface area contributed by atoms with Crippen molar-refractivity contribution in [2.24, 2.45) is 0 Å². The van der Waals surface area contributed by atoms with E-state index in [0.29, 0.717) is 18.5 Å². The van der Waals surface area contributed by atoms with Crippen LogP contribution in [0.4, 0.5) is 4.79 Å². The Morgan fingerprint density at radius 1 is 1.24 bits per heavy atom. The van der Waals surface area contributed by atoms with Crippen LogP contribution in [0.2, 0.25) is 0 Å². The van der Waals surface area contributed by atoms with Crippen molar-refractivity contribution < 1.29 is 23.9 Å². The third-order valence-corrected chi connectivity index (χ3v) is 4.14. The van der Waals surface area contributed by atoms with Crippen LogP contribution in [0.15, 0.2) is 18.2 Å². The number of benzene rings is 1. The van der Waals surface area contributed by atoms with Gasteiger partial charge in [-0.3, -0.25) is 4.79 Å². The first kappa shape index (κ1) is 19.0. The molecule has 1 amide bonds. The van der Waals surface area contributed by atoms with Gasteiger partial charge in [0.05, 0.1) is 18.6 Å². The van der Waals surface area contributed by atoms with Crippen molar-refractivity contribution in [2.75, 3.05) is 20.2 Å². The Balaban J connectivity index is 2.21. The first-order valence-corrected chi connectivity index (χ1v) is 8.32. The summed E-state index contributed by atoms with van der Waals surface area (Å²) >= 11 is 0. The molecule has 2 rings (SSSR count). The van der Waals surface area contributed by atoms with Gasteiger partial charge in [0.1, 0.15) is 11.4 Å². The second kappa shape index (κ2) is 7.25. The molecule has 0 N–H and O–H groups in total. The van der Waals surface area contributed by atoms with E-state index in [1.165, 1.54) is 7.11 Å². The number of esters is 1. The summed E-state index contributed by atoms with van der Waals surface area (Å²) in [7, 11) is 1.33. The summed E-state index contributed by atoms with van der Waals surface area (Å²) in [5, 5.41) is 0. The summed E-state index contributed by atoms with van der Waals surface area (Å²) in [5.74, 6) is -0.735. The highest BCUT2D eigenvalue weighted by Gasteiger charge is 2.33. The highest BCUT2D eigenvalue weighted by Crippen LogP contribution is 2.28. The molecule has 1 fully saturated rings. The van der Waals surface area contributed by atoms with E-state index in [9.17, 15) is 14.4 Å². The van der Waals surface area contributed by atoms with Gasteiger partial charge in [-0.1, -0.05) is 6.07 Å². The maximum Gasteiger partial charge on any atom is 0.410 e. The van der Waals surface area contributed by atoms with E-state index in [4.69, 9.17) is 9.47 Å². The summed E-state index contributed by atoms with van der Waals surface area (Å²) in [4.78, 5) is 37.9. The van der Waals surface area contributed by atoms with Crippen LogP contribution in [-0.2, 0) is 14.3 Å². The standard InChI is InChI=1S/C19H25NO5/c1-12-10-13(17(22)24-5)6-7-14(12)15-11-20(9-8-16(15)21)18(23)25-19(2,3)4/h6-7,10,15H,8-9,11H2,1-5H3. The number of aryl methyl sites for hydroxylation is 1. The summed E-state index contributed by atoms with van der Waals surface area (Å²) in [6, 6.07) is 5.12. The van der Waals surface area contributed by atoms with E-state index in [1.807, 2.05) is 27.7 Å². The third kappa shape index (κ3) is 4.59. The molecule has 0 spiro atoms. The number of rotatable bonds is 2. The molecule has 6 heteroatoms. The lowest BCUT2D eigenvalue weighted by atomic mass is 9.86. The molecule has 6 nitrogen and oxygen atoms in total. The number of hydrogen-bond acceptors (Lipinski definition) is 5. The molecule has 136 valence electrons. The number of Topliss-reactive ketones (excluding diaryl/α,β-unsaturated/α-hetero) is 1. The zero-order valence-electron chi connectivity index (χ0n) is 15.4. The van der Waals surface area contributed by atoms with Gasteiger partial charge >= 0.3 is 12.1 Å². The first-order valence-electron chi connectivity index (χ1n) is 8.32. The second-order valence-corrected chi connectivity index (χ2v) is 7.26. The lowest BCUT2D eigenvalue weighted by Gasteiger charge is -2.34. The molecule has 0 radical (unpaired) electrons. The summed E-state index contributed by atoms with van der Waals surface area (Å²) in [6.07, 6.45) is -0.115. The number of ketones is 1. The van der Waals surface area contributed by atoms with Gasteiger partial charge in [0.15, 0.2) is 0 Å². The fourth-order valence-corrected chi connectivity index (χ4v) is 2.91. The number of hydrogen-bond donors (Lipinski definition) is 0. The van der Waals surface area contributed by atoms with Crippen LogP contribution >= 0.6 is 0 Å². The van der Waals surface area contributed by atoms with Crippen molar-refractivity contribution in [3.63, 3.8) is 0 Å². The average Bonchev–Trinajstić information content (AvgIpc) is 2.53. The minimum absolute atomic E-state index is 0.0914. The van der Waals surface area contributed by atoms with Gasteiger partial charge in [-0.25, -0.2) is 9.59 Å². The maximum atomic E-state index is 12.4. The monoisotopic (exact) mass is 347 g/mol. The predicted octanol–water partition coefficient (Wildman–Crippen LogP) is 3.08. The molecule has 1 aromatic rings. The zero-order chi connectivity index (χ0) is 18.8. The molecule has 0 saturated carbocycles. The number of methoxy groups -OCH3 is 1. The lowest BCUT2D eigenvalue weighted by Crippen LogP contribution is -2.45. The van der Waals surface area contributed by atoms with Gasteiger partial charge in [0, 0.05) is 19.5 Å². The Labute approximate surface area is 148 Å². The van der Waals surface area contributed by atoms with Gasteiger partial charge < -0.3 is 14.4 Å². The molecule has 1 aromatic carbocycles. The molecular weight excluding hydrogens is 322 g/mol. The molecule has 0 aliphatic carbocycles. The van der Waals surface area contributed by atoms with Crippen LogP contribution in [0, 0.1) is 6.92 Å². The van der Waals surface area contributed by atoms with Gasteiger partial charge in [0.2, 0.25) is 0 Å². The SMILES string of the molecule is COC(=O)c1ccc(C2CN(C(=O)OC(C)(C)C)CCC2=O)c(C)c1. The largest absolute Gasteiger partial charge is 0.465 e. The van der Waals surface area contributed by atoms with E-state index >= 15 is 0 Å². The Morgan fingerprint density at radius 2 is 1.92 bits per heavy atom. The summed E-state index contributed by atoms with van der Waals surface area (Å²) in [6.45, 7) is 7.94. The van der Waals surface area contributed by atoms with Crippen molar-refractivity contribution in [3.8, 4) is 0 Å². The van der Waals surface area contributed by atoms with Crippen LogP contribution in [0.25, 0.3) is 0 Å². The van der Waals surface area contributed by atoms with E-state index in [2.05, 4.69) is 0 Å². The minimum atomic E-state index is -0.577. The molecule has 0 aromatic heterocycles. The van der Waals surface area contributed by atoms with E-state index in [1.54, 1.807) is 23.1 Å². The van der Waals surface area contributed by atoms with E-state index < -0.39 is 23.6 Å². The Bertz CT molecular complexity index is 690. The fraction of sp³-hybridized carbons (Fsp3) is 0.526. The molecular formula is C19H25NO5. The van der Waals surface area contributed by atoms with Gasteiger partial charge in [0.25, 0.3) is 0 Å². The normalized spacial score (nSPS) is 18.0. The van der Waals surface area contributed by atoms with E-state index in [-0.39, 0.29) is 12.3 Å². The number of amides is 1. The number of piperidine rings is 1. The molecule has 1 heterocycles. The number of likely N-dealkylation sites (tertiary alicyclic amines) is 1. The fourth-order valence-electron chi connectivity index (χ4n) is 2.91. The molecule has 1 aliphatic rings. The number of nitrogens with zero attached hydrogens (tertiary/aromatic N) is 1. The van der Waals surface area contributed by atoms with Gasteiger partial charge in [-0.15, -0.1) is 0 Å². The summed E-state index contributed by atoms with van der Waals surface area (Å²) < 4.78 is 10.1. The highest BCUT2D eigenvalue weighted by molar-refractivity contribution is 5.91. The Kier molecular flexibility index (Phi) is 5.50. The molecule has 0 bridgehead atoms. The molecule has 1 atom stereocenters. The molecule has 1 aliphatic heterocycles. The van der Waals surface area contributed by atoms with Gasteiger partial charge in [-0.2, -0.15) is 0 Å². The van der Waals surface area contributed by atoms with Crippen LogP contribution in [0.1, 0.15) is 54.6 Å². The smallest absolute Gasteiger partial charge is 0.410 e. The van der Waals surface area contributed by atoms with Crippen molar-refractivity contribution in [3.05, 3.63) is 34.9 Å². The minimum Gasteiger partial charge on any atom is -0.465 e. The Morgan fingerprint density at radius 3 is 2.48 bits per heavy atom. The number of carbonyl (C=O) groups is 3. The zero-order valence-corrected chi connectivity index (χ0v) is 15.4. The predicted molar refractivity (Wildman–Crippen MR) is 92.7 cm³/mol. The Hall–Kier alpha value is -2.37. The third-order valence-electron chi connectivity index (χ3n) is 4.14. The highest BCUT2D eigenvalue weighted by atomic mass is 16.6. The average molecular weight is 347 g/mol. The number of ether oxygens (including phenoxy) is 2. The van der Waals surface area contributed by atoms with Crippen LogP contribution in [0.5, 0.6) is 0 Å². The first-order chi connectivity index (χ1) is 11.6. The molecule has 1 saturated heterocycles. The van der Waals surface area contributed by atoms with Crippen molar-refractivity contribution >= 4 is 17.8 Å². The molecule has 1 unspecified atom stereocenters. The van der Waals surface area contributed by atoms with Crippen LogP contribution in [-0.4, -0.2) is 48.5 Å². The quantitative estimate of drug-likeness (QED) is 0.769. The summed E-state index contributed by atoms with van der Waals surface area (Å²) in [5.41, 5.74) is 1.51. The van der Waals surface area contributed by atoms with Crippen molar-refractivity contribution in [2.45, 2.75) is 45.6 Å². The van der Waals surface area contributed by atoms with E-state index in [0.717, 1.165) is 11.1 Å². The number of carbonyl (C=O) groups excluding carboxylic acids is 3. The maximum absolute atomic E-state index is 12.4. The van der Waals surface area contributed by atoms with Crippen LogP contribution < -0.4 is 0 Å². The van der Waals surface area contributed by atoms with Crippen LogP contribution in [0.3, 0.4) is 0 Å². The topological polar surface area (TPSA) is 72.9 Å². The second-order valence-electron chi connectivity index (χ2n) is 7.26.